The molecule has 0 aliphatic heterocycles. The molecule has 0 radical (unpaired) electrons. The first kappa shape index (κ1) is 12.2. The lowest BCUT2D eigenvalue weighted by Gasteiger charge is -2.10. The molecule has 4 nitrogen and oxygen atoms in total. The van der Waals surface area contributed by atoms with Gasteiger partial charge in [-0.2, -0.15) is 0 Å². The summed E-state index contributed by atoms with van der Waals surface area (Å²) in [7, 11) is 0. The number of hydrogen-bond donors (Lipinski definition) is 1. The Morgan fingerprint density at radius 1 is 1.47 bits per heavy atom. The van der Waals surface area contributed by atoms with E-state index in [2.05, 4.69) is 18.3 Å². The predicted octanol–water partition coefficient (Wildman–Crippen LogP) is 3.57. The Morgan fingerprint density at radius 2 is 2.29 bits per heavy atom. The minimum atomic E-state index is -0.350. The van der Waals surface area contributed by atoms with Crippen molar-refractivity contribution >= 4 is 27.7 Å². The molecule has 2 heterocycles. The van der Waals surface area contributed by atoms with Crippen molar-refractivity contribution in [2.24, 2.45) is 0 Å². The zero-order valence-electron chi connectivity index (χ0n) is 9.25. The molecule has 0 aliphatic rings. The van der Waals surface area contributed by atoms with E-state index in [1.807, 2.05) is 11.4 Å². The van der Waals surface area contributed by atoms with E-state index >= 15 is 0 Å². The molecule has 0 aliphatic carbocycles. The fourth-order valence-electron chi connectivity index (χ4n) is 1.45. The summed E-state index contributed by atoms with van der Waals surface area (Å²) >= 11 is 2.93. The quantitative estimate of drug-likeness (QED) is 0.666. The van der Waals surface area contributed by atoms with E-state index in [-0.39, 0.29) is 16.0 Å². The minimum absolute atomic E-state index is 0.200. The van der Waals surface area contributed by atoms with E-state index in [0.717, 1.165) is 4.88 Å². The molecule has 2 aromatic rings. The van der Waals surface area contributed by atoms with Crippen LogP contribution < -0.4 is 5.32 Å². The Balaban J connectivity index is 1.91. The molecule has 6 heteroatoms. The van der Waals surface area contributed by atoms with Gasteiger partial charge in [-0.3, -0.25) is 10.1 Å². The van der Waals surface area contributed by atoms with Crippen LogP contribution in [0.15, 0.2) is 29.6 Å². The van der Waals surface area contributed by atoms with E-state index < -0.39 is 0 Å². The van der Waals surface area contributed by atoms with Crippen molar-refractivity contribution in [2.75, 3.05) is 0 Å². The molecule has 0 saturated heterocycles. The third kappa shape index (κ3) is 3.12. The molecule has 0 bridgehead atoms. The van der Waals surface area contributed by atoms with Crippen LogP contribution in [0, 0.1) is 10.1 Å². The SMILES string of the molecule is CC(NCc1ccc([N+](=O)[O-])s1)c1cccs1. The first-order valence-electron chi connectivity index (χ1n) is 5.16. The fraction of sp³-hybridized carbons (Fsp3) is 0.273. The largest absolute Gasteiger partial charge is 0.324 e. The Bertz CT molecular complexity index is 493. The highest BCUT2D eigenvalue weighted by molar-refractivity contribution is 7.15. The van der Waals surface area contributed by atoms with Gasteiger partial charge < -0.3 is 5.32 Å². The van der Waals surface area contributed by atoms with E-state index in [9.17, 15) is 10.1 Å². The number of rotatable bonds is 5. The van der Waals surface area contributed by atoms with Crippen molar-refractivity contribution in [3.05, 3.63) is 49.5 Å². The number of thiophene rings is 2. The molecular formula is C11H12N2O2S2. The summed E-state index contributed by atoms with van der Waals surface area (Å²) in [4.78, 5) is 12.4. The zero-order valence-corrected chi connectivity index (χ0v) is 10.9. The normalized spacial score (nSPS) is 12.5. The van der Waals surface area contributed by atoms with Gasteiger partial charge in [-0.25, -0.2) is 0 Å². The molecule has 1 atom stereocenters. The number of hydrogen-bond acceptors (Lipinski definition) is 5. The topological polar surface area (TPSA) is 55.2 Å². The van der Waals surface area contributed by atoms with Crippen molar-refractivity contribution in [3.8, 4) is 0 Å². The first-order valence-corrected chi connectivity index (χ1v) is 6.86. The van der Waals surface area contributed by atoms with Gasteiger partial charge in [0.25, 0.3) is 0 Å². The molecule has 17 heavy (non-hydrogen) atoms. The van der Waals surface area contributed by atoms with Crippen molar-refractivity contribution in [1.82, 2.24) is 5.32 Å². The summed E-state index contributed by atoms with van der Waals surface area (Å²) in [6, 6.07) is 7.73. The smallest absolute Gasteiger partial charge is 0.305 e. The maximum Gasteiger partial charge on any atom is 0.324 e. The van der Waals surface area contributed by atoms with Gasteiger partial charge in [0.1, 0.15) is 0 Å². The second-order valence-electron chi connectivity index (χ2n) is 3.62. The Kier molecular flexibility index (Phi) is 3.88. The van der Waals surface area contributed by atoms with E-state index in [0.29, 0.717) is 6.54 Å². The van der Waals surface area contributed by atoms with Gasteiger partial charge in [0.15, 0.2) is 0 Å². The second-order valence-corrected chi connectivity index (χ2v) is 5.74. The van der Waals surface area contributed by atoms with Crippen LogP contribution in [-0.4, -0.2) is 4.92 Å². The van der Waals surface area contributed by atoms with Crippen LogP contribution in [0.2, 0.25) is 0 Å². The Hall–Kier alpha value is -1.24. The van der Waals surface area contributed by atoms with Crippen LogP contribution in [0.25, 0.3) is 0 Å². The lowest BCUT2D eigenvalue weighted by Crippen LogP contribution is -2.16. The molecule has 0 fully saturated rings. The third-order valence-electron chi connectivity index (χ3n) is 2.38. The summed E-state index contributed by atoms with van der Waals surface area (Å²) in [5.41, 5.74) is 0. The van der Waals surface area contributed by atoms with Gasteiger partial charge >= 0.3 is 5.00 Å². The molecule has 2 aromatic heterocycles. The van der Waals surface area contributed by atoms with Crippen molar-refractivity contribution in [3.63, 3.8) is 0 Å². The molecule has 1 unspecified atom stereocenters. The maximum absolute atomic E-state index is 10.5. The summed E-state index contributed by atoms with van der Waals surface area (Å²) < 4.78 is 0. The first-order chi connectivity index (χ1) is 8.16. The summed E-state index contributed by atoms with van der Waals surface area (Å²) in [6.45, 7) is 2.76. The standard InChI is InChI=1S/C11H12N2O2S2/c1-8(10-3-2-6-16-10)12-7-9-4-5-11(17-9)13(14)15/h2-6,8,12H,7H2,1H3. The summed E-state index contributed by atoms with van der Waals surface area (Å²) in [6.07, 6.45) is 0. The van der Waals surface area contributed by atoms with Gasteiger partial charge in [0.05, 0.1) is 4.92 Å². The van der Waals surface area contributed by atoms with Crippen molar-refractivity contribution < 1.29 is 4.92 Å². The van der Waals surface area contributed by atoms with Crippen LogP contribution in [0.5, 0.6) is 0 Å². The lowest BCUT2D eigenvalue weighted by atomic mass is 10.3. The molecule has 0 aromatic carbocycles. The molecule has 90 valence electrons. The highest BCUT2D eigenvalue weighted by Gasteiger charge is 2.11. The number of nitro groups is 1. The summed E-state index contributed by atoms with van der Waals surface area (Å²) in [5, 5.41) is 16.1. The average Bonchev–Trinajstić information content (AvgIpc) is 2.97. The highest BCUT2D eigenvalue weighted by Crippen LogP contribution is 2.25. The van der Waals surface area contributed by atoms with Crippen LogP contribution in [0.4, 0.5) is 5.00 Å². The Morgan fingerprint density at radius 3 is 2.88 bits per heavy atom. The van der Waals surface area contributed by atoms with Gasteiger partial charge in [-0.05, 0) is 24.4 Å². The highest BCUT2D eigenvalue weighted by atomic mass is 32.1. The monoisotopic (exact) mass is 268 g/mol. The fourth-order valence-corrected chi connectivity index (χ4v) is 2.98. The number of nitrogens with zero attached hydrogens (tertiary/aromatic N) is 1. The third-order valence-corrected chi connectivity index (χ3v) is 4.47. The predicted molar refractivity (Wildman–Crippen MR) is 70.5 cm³/mol. The van der Waals surface area contributed by atoms with Crippen LogP contribution in [0.3, 0.4) is 0 Å². The molecule has 0 amide bonds. The molecule has 0 spiro atoms. The molecule has 1 N–H and O–H groups in total. The Labute approximate surface area is 107 Å². The van der Waals surface area contributed by atoms with E-state index in [4.69, 9.17) is 0 Å². The van der Waals surface area contributed by atoms with Gasteiger partial charge in [-0.15, -0.1) is 11.3 Å². The van der Waals surface area contributed by atoms with Crippen molar-refractivity contribution in [1.29, 1.82) is 0 Å². The second kappa shape index (κ2) is 5.39. The van der Waals surface area contributed by atoms with Crippen LogP contribution in [0.1, 0.15) is 22.7 Å². The van der Waals surface area contributed by atoms with E-state index in [1.165, 1.54) is 16.2 Å². The number of nitrogens with one attached hydrogen (secondary N) is 1. The molecule has 0 saturated carbocycles. The molecular weight excluding hydrogens is 256 g/mol. The average molecular weight is 268 g/mol. The minimum Gasteiger partial charge on any atom is -0.305 e. The van der Waals surface area contributed by atoms with E-state index in [1.54, 1.807) is 23.5 Å². The van der Waals surface area contributed by atoms with Crippen LogP contribution in [-0.2, 0) is 6.54 Å². The lowest BCUT2D eigenvalue weighted by molar-refractivity contribution is -0.380. The van der Waals surface area contributed by atoms with Crippen molar-refractivity contribution in [2.45, 2.75) is 19.5 Å². The van der Waals surface area contributed by atoms with Gasteiger partial charge in [0, 0.05) is 28.4 Å². The maximum atomic E-state index is 10.5. The van der Waals surface area contributed by atoms with Gasteiger partial charge in [-0.1, -0.05) is 17.4 Å². The summed E-state index contributed by atoms with van der Waals surface area (Å²) in [5.74, 6) is 0. The van der Waals surface area contributed by atoms with Gasteiger partial charge in [0.2, 0.25) is 0 Å². The zero-order chi connectivity index (χ0) is 12.3. The van der Waals surface area contributed by atoms with Crippen LogP contribution >= 0.6 is 22.7 Å². The molecule has 2 rings (SSSR count).